The summed E-state index contributed by atoms with van der Waals surface area (Å²) in [6.07, 6.45) is 0. The molecule has 2 amide bonds. The second kappa shape index (κ2) is 7.23. The van der Waals surface area contributed by atoms with Gasteiger partial charge in [0.05, 0.1) is 17.0 Å². The van der Waals surface area contributed by atoms with Crippen LogP contribution in [0.4, 0.5) is 0 Å². The van der Waals surface area contributed by atoms with Crippen LogP contribution in [0.25, 0.3) is 11.0 Å². The molecule has 134 valence electrons. The van der Waals surface area contributed by atoms with Gasteiger partial charge < -0.3 is 19.7 Å². The van der Waals surface area contributed by atoms with Gasteiger partial charge in [-0.25, -0.2) is 4.98 Å². The molecule has 1 N–H and O–H groups in total. The number of rotatable bonds is 3. The molecule has 1 unspecified atom stereocenters. The van der Waals surface area contributed by atoms with Crippen LogP contribution in [0.5, 0.6) is 0 Å². The second-order valence-electron chi connectivity index (χ2n) is 6.65. The van der Waals surface area contributed by atoms with Crippen molar-refractivity contribution in [1.29, 1.82) is 0 Å². The summed E-state index contributed by atoms with van der Waals surface area (Å²) in [5, 5.41) is 2.70. The molecule has 0 radical (unpaired) electrons. The average Bonchev–Trinajstić information content (AvgIpc) is 2.78. The van der Waals surface area contributed by atoms with Crippen molar-refractivity contribution >= 4 is 22.8 Å². The molecule has 2 heterocycles. The van der Waals surface area contributed by atoms with E-state index in [0.29, 0.717) is 19.6 Å². The SMILES string of the molecule is CNC(=O)C1CN(C)CCN(C(=O)Cn2c(C)nc3ccccc32)C1. The molecule has 3 rings (SSSR count). The van der Waals surface area contributed by atoms with Gasteiger partial charge >= 0.3 is 0 Å². The first kappa shape index (κ1) is 17.4. The smallest absolute Gasteiger partial charge is 0.242 e. The van der Waals surface area contributed by atoms with Crippen LogP contribution in [0.15, 0.2) is 24.3 Å². The zero-order valence-corrected chi connectivity index (χ0v) is 15.0. The number of benzene rings is 1. The maximum absolute atomic E-state index is 12.9. The summed E-state index contributed by atoms with van der Waals surface area (Å²) in [5.41, 5.74) is 1.86. The number of hydrogen-bond acceptors (Lipinski definition) is 4. The van der Waals surface area contributed by atoms with Crippen LogP contribution in [-0.4, -0.2) is 71.4 Å². The van der Waals surface area contributed by atoms with E-state index in [1.807, 2.05) is 42.8 Å². The fraction of sp³-hybridized carbons (Fsp3) is 0.500. The fourth-order valence-corrected chi connectivity index (χ4v) is 3.40. The second-order valence-corrected chi connectivity index (χ2v) is 6.65. The number of fused-ring (bicyclic) bond motifs is 1. The first-order valence-corrected chi connectivity index (χ1v) is 8.59. The molecule has 1 fully saturated rings. The molecule has 7 nitrogen and oxygen atoms in total. The Morgan fingerprint density at radius 3 is 2.76 bits per heavy atom. The Labute approximate surface area is 147 Å². The highest BCUT2D eigenvalue weighted by Gasteiger charge is 2.28. The van der Waals surface area contributed by atoms with Gasteiger partial charge in [0.25, 0.3) is 0 Å². The number of aryl methyl sites for hydroxylation is 1. The van der Waals surface area contributed by atoms with Gasteiger partial charge in [-0.05, 0) is 26.1 Å². The highest BCUT2D eigenvalue weighted by molar-refractivity contribution is 5.83. The Morgan fingerprint density at radius 2 is 2.00 bits per heavy atom. The summed E-state index contributed by atoms with van der Waals surface area (Å²) in [5.74, 6) is 0.623. The zero-order chi connectivity index (χ0) is 18.0. The Balaban J connectivity index is 1.79. The van der Waals surface area contributed by atoms with Crippen molar-refractivity contribution in [2.75, 3.05) is 40.3 Å². The van der Waals surface area contributed by atoms with Gasteiger partial charge in [-0.15, -0.1) is 0 Å². The number of nitrogens with zero attached hydrogens (tertiary/aromatic N) is 4. The lowest BCUT2D eigenvalue weighted by Crippen LogP contribution is -2.42. The van der Waals surface area contributed by atoms with Gasteiger partial charge in [0.15, 0.2) is 0 Å². The lowest BCUT2D eigenvalue weighted by atomic mass is 10.1. The third-order valence-electron chi connectivity index (χ3n) is 4.83. The Bertz CT molecular complexity index is 785. The molecule has 0 aliphatic carbocycles. The third kappa shape index (κ3) is 3.66. The van der Waals surface area contributed by atoms with Crippen LogP contribution in [0.1, 0.15) is 5.82 Å². The van der Waals surface area contributed by atoms with Crippen molar-refractivity contribution in [3.63, 3.8) is 0 Å². The molecule has 1 aliphatic heterocycles. The van der Waals surface area contributed by atoms with Gasteiger partial charge in [0.1, 0.15) is 12.4 Å². The van der Waals surface area contributed by atoms with E-state index in [1.54, 1.807) is 11.9 Å². The molecule has 0 spiro atoms. The molecule has 0 bridgehead atoms. The van der Waals surface area contributed by atoms with Gasteiger partial charge in [-0.3, -0.25) is 9.59 Å². The number of likely N-dealkylation sites (N-methyl/N-ethyl adjacent to an activating group) is 1. The van der Waals surface area contributed by atoms with Crippen LogP contribution in [0.3, 0.4) is 0 Å². The Kier molecular flexibility index (Phi) is 5.03. The monoisotopic (exact) mass is 343 g/mol. The summed E-state index contributed by atoms with van der Waals surface area (Å²) >= 11 is 0. The standard InChI is InChI=1S/C18H25N5O2/c1-13-20-15-6-4-5-7-16(15)23(13)12-17(24)22-9-8-21(3)10-14(11-22)18(25)19-2/h4-7,14H,8-12H2,1-3H3,(H,19,25). The normalized spacial score (nSPS) is 19.0. The van der Waals surface area contributed by atoms with E-state index in [1.165, 1.54) is 0 Å². The summed E-state index contributed by atoms with van der Waals surface area (Å²) < 4.78 is 1.95. The van der Waals surface area contributed by atoms with E-state index in [4.69, 9.17) is 0 Å². The van der Waals surface area contributed by atoms with E-state index < -0.39 is 0 Å². The minimum absolute atomic E-state index is 0.0178. The number of imidazole rings is 1. The largest absolute Gasteiger partial charge is 0.359 e. The topological polar surface area (TPSA) is 70.5 Å². The summed E-state index contributed by atoms with van der Waals surface area (Å²) in [7, 11) is 3.62. The molecule has 1 aromatic heterocycles. The molecule has 2 aromatic rings. The molecule has 1 aliphatic rings. The molecule has 0 saturated carbocycles. The lowest BCUT2D eigenvalue weighted by molar-refractivity contribution is -0.133. The summed E-state index contributed by atoms with van der Waals surface area (Å²) in [6, 6.07) is 7.82. The highest BCUT2D eigenvalue weighted by Crippen LogP contribution is 2.16. The third-order valence-corrected chi connectivity index (χ3v) is 4.83. The Hall–Kier alpha value is -2.41. The van der Waals surface area contributed by atoms with E-state index in [9.17, 15) is 9.59 Å². The maximum atomic E-state index is 12.9. The van der Waals surface area contributed by atoms with Gasteiger partial charge in [0, 0.05) is 33.2 Å². The number of carbonyl (C=O) groups is 2. The highest BCUT2D eigenvalue weighted by atomic mass is 16.2. The van der Waals surface area contributed by atoms with Gasteiger partial charge in [-0.2, -0.15) is 0 Å². The van der Waals surface area contributed by atoms with Crippen molar-refractivity contribution in [2.24, 2.45) is 5.92 Å². The molecule has 1 aromatic carbocycles. The fourth-order valence-electron chi connectivity index (χ4n) is 3.40. The first-order chi connectivity index (χ1) is 12.0. The summed E-state index contributed by atoms with van der Waals surface area (Å²) in [6.45, 7) is 4.68. The maximum Gasteiger partial charge on any atom is 0.242 e. The quantitative estimate of drug-likeness (QED) is 0.880. The molecular formula is C18H25N5O2. The van der Waals surface area contributed by atoms with Crippen LogP contribution in [0, 0.1) is 12.8 Å². The van der Waals surface area contributed by atoms with E-state index >= 15 is 0 Å². The van der Waals surface area contributed by atoms with Crippen molar-refractivity contribution in [2.45, 2.75) is 13.5 Å². The molecule has 7 heteroatoms. The van der Waals surface area contributed by atoms with E-state index in [2.05, 4.69) is 15.2 Å². The van der Waals surface area contributed by atoms with Gasteiger partial charge in [0.2, 0.25) is 11.8 Å². The van der Waals surface area contributed by atoms with Crippen molar-refractivity contribution < 1.29 is 9.59 Å². The lowest BCUT2D eigenvalue weighted by Gasteiger charge is -2.24. The zero-order valence-electron chi connectivity index (χ0n) is 15.0. The van der Waals surface area contributed by atoms with Crippen molar-refractivity contribution in [3.05, 3.63) is 30.1 Å². The number of aromatic nitrogens is 2. The predicted octanol–water partition coefficient (Wildman–Crippen LogP) is 0.481. The van der Waals surface area contributed by atoms with Crippen molar-refractivity contribution in [3.8, 4) is 0 Å². The minimum Gasteiger partial charge on any atom is -0.359 e. The van der Waals surface area contributed by atoms with Gasteiger partial charge in [-0.1, -0.05) is 12.1 Å². The van der Waals surface area contributed by atoms with Crippen LogP contribution in [0.2, 0.25) is 0 Å². The number of amides is 2. The number of hydrogen-bond donors (Lipinski definition) is 1. The Morgan fingerprint density at radius 1 is 1.24 bits per heavy atom. The van der Waals surface area contributed by atoms with Crippen LogP contribution < -0.4 is 5.32 Å². The molecule has 1 atom stereocenters. The number of nitrogens with one attached hydrogen (secondary N) is 1. The summed E-state index contributed by atoms with van der Waals surface area (Å²) in [4.78, 5) is 33.4. The van der Waals surface area contributed by atoms with Crippen LogP contribution in [-0.2, 0) is 16.1 Å². The molecule has 1 saturated heterocycles. The van der Waals surface area contributed by atoms with Crippen LogP contribution >= 0.6 is 0 Å². The molecule has 25 heavy (non-hydrogen) atoms. The average molecular weight is 343 g/mol. The number of carbonyl (C=O) groups excluding carboxylic acids is 2. The van der Waals surface area contributed by atoms with E-state index in [-0.39, 0.29) is 24.3 Å². The number of para-hydroxylation sites is 2. The van der Waals surface area contributed by atoms with E-state index in [0.717, 1.165) is 23.4 Å². The van der Waals surface area contributed by atoms with Crippen molar-refractivity contribution in [1.82, 2.24) is 24.7 Å². The minimum atomic E-state index is -0.206. The molecular weight excluding hydrogens is 318 g/mol. The first-order valence-electron chi connectivity index (χ1n) is 8.59. The predicted molar refractivity (Wildman–Crippen MR) is 96.1 cm³/mol.